The number of halogens is 3. The number of rotatable bonds is 5. The summed E-state index contributed by atoms with van der Waals surface area (Å²) in [6, 6.07) is 10.1. The summed E-state index contributed by atoms with van der Waals surface area (Å²) < 4.78 is 41.8. The van der Waals surface area contributed by atoms with Crippen LogP contribution in [0.4, 0.5) is 13.2 Å². The third-order valence-corrected chi connectivity index (χ3v) is 6.83. The molecule has 0 radical (unpaired) electrons. The fourth-order valence-electron chi connectivity index (χ4n) is 4.97. The Morgan fingerprint density at radius 2 is 1.88 bits per heavy atom. The number of pyridine rings is 1. The monoisotopic (exact) mass is 464 g/mol. The largest absolute Gasteiger partial charge is 0.437 e. The predicted molar refractivity (Wildman–Crippen MR) is 120 cm³/mol. The molecular weight excluding hydrogens is 441 g/mol. The van der Waals surface area contributed by atoms with Gasteiger partial charge in [0.05, 0.1) is 12.0 Å². The summed E-state index contributed by atoms with van der Waals surface area (Å²) in [5.41, 5.74) is 4.46. The van der Waals surface area contributed by atoms with E-state index in [9.17, 15) is 13.2 Å². The maximum absolute atomic E-state index is 13.2. The van der Waals surface area contributed by atoms with Crippen molar-refractivity contribution in [3.63, 3.8) is 0 Å². The number of aryl methyl sites for hydroxylation is 1. The van der Waals surface area contributed by atoms with E-state index in [-0.39, 0.29) is 11.3 Å². The summed E-state index contributed by atoms with van der Waals surface area (Å²) in [5, 5.41) is 9.05. The van der Waals surface area contributed by atoms with Gasteiger partial charge in [0.15, 0.2) is 5.69 Å². The van der Waals surface area contributed by atoms with Gasteiger partial charge in [-0.3, -0.25) is 4.98 Å². The van der Waals surface area contributed by atoms with Crippen molar-refractivity contribution >= 4 is 0 Å². The maximum atomic E-state index is 13.2. The summed E-state index contributed by atoms with van der Waals surface area (Å²) in [7, 11) is 0. The number of fused-ring (bicyclic) bond motifs is 1. The molecule has 1 atom stereocenters. The second-order valence-electron chi connectivity index (χ2n) is 9.23. The van der Waals surface area contributed by atoms with Crippen LogP contribution in [0.2, 0.25) is 0 Å². The van der Waals surface area contributed by atoms with Crippen LogP contribution in [-0.4, -0.2) is 29.9 Å². The lowest BCUT2D eigenvalue weighted by Gasteiger charge is -2.26. The van der Waals surface area contributed by atoms with Gasteiger partial charge in [0.2, 0.25) is 0 Å². The molecule has 2 aliphatic rings. The Morgan fingerprint density at radius 3 is 2.71 bits per heavy atom. The van der Waals surface area contributed by atoms with Gasteiger partial charge in [0.1, 0.15) is 11.4 Å². The van der Waals surface area contributed by atoms with Crippen LogP contribution in [0.15, 0.2) is 49.1 Å². The number of benzene rings is 1. The van der Waals surface area contributed by atoms with Crippen molar-refractivity contribution in [2.24, 2.45) is 0 Å². The topological polar surface area (TPSA) is 72.3 Å². The molecule has 6 nitrogen and oxygen atoms in total. The molecule has 1 fully saturated rings. The molecule has 1 saturated carbocycles. The van der Waals surface area contributed by atoms with Gasteiger partial charge in [-0.25, -0.2) is 4.98 Å². The average Bonchev–Trinajstić information content (AvgIpc) is 3.36. The molecule has 0 amide bonds. The van der Waals surface area contributed by atoms with Gasteiger partial charge in [0, 0.05) is 30.4 Å². The Hall–Kier alpha value is -3.49. The lowest BCUT2D eigenvalue weighted by atomic mass is 9.81. The van der Waals surface area contributed by atoms with Gasteiger partial charge < -0.3 is 4.57 Å². The van der Waals surface area contributed by atoms with Crippen LogP contribution in [-0.2, 0) is 19.1 Å². The van der Waals surface area contributed by atoms with Crippen molar-refractivity contribution < 1.29 is 13.2 Å². The van der Waals surface area contributed by atoms with Crippen molar-refractivity contribution in [3.05, 3.63) is 71.4 Å². The molecule has 3 aromatic heterocycles. The molecule has 1 N–H and O–H groups in total. The first-order valence-electron chi connectivity index (χ1n) is 11.5. The summed E-state index contributed by atoms with van der Waals surface area (Å²) in [6.45, 7) is 0.815. The van der Waals surface area contributed by atoms with E-state index in [4.69, 9.17) is 0 Å². The Kier molecular flexibility index (Phi) is 5.00. The SMILES string of the molecule is FC(F)(F)c1n[nH]nc1-c1ccnc(-c2cn(C[C@H]3CCCc4ccc(C5CC5)cc43)cn2)c1. The number of hydrogen-bond donors (Lipinski definition) is 1. The number of hydrogen-bond acceptors (Lipinski definition) is 4. The maximum Gasteiger partial charge on any atom is 0.437 e. The standard InChI is InChI=1S/C25H23F3N6/c26-25(27,28)24-23(31-33-32-24)18-8-9-29-21(11-18)22-13-34(14-30-22)12-19-3-1-2-16-6-7-17(10-20(16)19)15-4-5-15/h6-11,13-15,19H,1-5,12H2,(H,31,32,33)/t19-/m1/s1. The summed E-state index contributed by atoms with van der Waals surface area (Å²) in [4.78, 5) is 8.82. The smallest absolute Gasteiger partial charge is 0.336 e. The highest BCUT2D eigenvalue weighted by molar-refractivity contribution is 5.67. The number of aromatic nitrogens is 6. The fourth-order valence-corrected chi connectivity index (χ4v) is 4.97. The second kappa shape index (κ2) is 8.07. The van der Waals surface area contributed by atoms with E-state index >= 15 is 0 Å². The zero-order chi connectivity index (χ0) is 23.3. The molecule has 34 heavy (non-hydrogen) atoms. The average molecular weight is 464 g/mol. The molecule has 0 saturated heterocycles. The Labute approximate surface area is 194 Å². The minimum absolute atomic E-state index is 0.249. The van der Waals surface area contributed by atoms with Gasteiger partial charge in [-0.15, -0.1) is 0 Å². The summed E-state index contributed by atoms with van der Waals surface area (Å²) in [5.74, 6) is 1.15. The minimum Gasteiger partial charge on any atom is -0.336 e. The first-order chi connectivity index (χ1) is 16.5. The molecule has 0 bridgehead atoms. The highest BCUT2D eigenvalue weighted by Crippen LogP contribution is 2.43. The Balaban J connectivity index is 1.25. The second-order valence-corrected chi connectivity index (χ2v) is 9.23. The molecule has 6 rings (SSSR count). The zero-order valence-corrected chi connectivity index (χ0v) is 18.4. The van der Waals surface area contributed by atoms with Crippen LogP contribution in [0.5, 0.6) is 0 Å². The number of nitrogens with one attached hydrogen (secondary N) is 1. The van der Waals surface area contributed by atoms with E-state index in [0.717, 1.165) is 25.3 Å². The molecule has 174 valence electrons. The van der Waals surface area contributed by atoms with Crippen molar-refractivity contribution in [2.45, 2.75) is 56.7 Å². The van der Waals surface area contributed by atoms with Crippen molar-refractivity contribution in [1.29, 1.82) is 0 Å². The van der Waals surface area contributed by atoms with Gasteiger partial charge in [-0.2, -0.15) is 28.6 Å². The van der Waals surface area contributed by atoms with Gasteiger partial charge in [-0.1, -0.05) is 18.2 Å². The molecule has 0 aliphatic heterocycles. The third kappa shape index (κ3) is 3.99. The lowest BCUT2D eigenvalue weighted by Crippen LogP contribution is -2.15. The van der Waals surface area contributed by atoms with Crippen LogP contribution < -0.4 is 0 Å². The first-order valence-corrected chi connectivity index (χ1v) is 11.5. The lowest BCUT2D eigenvalue weighted by molar-refractivity contribution is -0.140. The van der Waals surface area contributed by atoms with E-state index in [2.05, 4.69) is 48.1 Å². The van der Waals surface area contributed by atoms with E-state index in [1.165, 1.54) is 48.2 Å². The minimum atomic E-state index is -4.59. The van der Waals surface area contributed by atoms with Crippen LogP contribution >= 0.6 is 0 Å². The van der Waals surface area contributed by atoms with E-state index < -0.39 is 11.9 Å². The normalized spacial score (nSPS) is 18.1. The van der Waals surface area contributed by atoms with Crippen LogP contribution in [0.3, 0.4) is 0 Å². The number of alkyl halides is 3. The van der Waals surface area contributed by atoms with Crippen LogP contribution in [0.1, 0.15) is 59.9 Å². The molecule has 0 unspecified atom stereocenters. The molecule has 3 heterocycles. The van der Waals surface area contributed by atoms with Gasteiger partial charge >= 0.3 is 6.18 Å². The summed E-state index contributed by atoms with van der Waals surface area (Å²) in [6.07, 6.45) is 6.58. The highest BCUT2D eigenvalue weighted by atomic mass is 19.4. The summed E-state index contributed by atoms with van der Waals surface area (Å²) >= 11 is 0. The van der Waals surface area contributed by atoms with Crippen molar-refractivity contribution in [2.75, 3.05) is 0 Å². The highest BCUT2D eigenvalue weighted by Gasteiger charge is 2.38. The number of H-pyrrole nitrogens is 1. The number of imidazole rings is 1. The van der Waals surface area contributed by atoms with Crippen molar-refractivity contribution in [3.8, 4) is 22.6 Å². The molecule has 2 aliphatic carbocycles. The zero-order valence-electron chi connectivity index (χ0n) is 18.4. The number of nitrogens with zero attached hydrogens (tertiary/aromatic N) is 5. The van der Waals surface area contributed by atoms with Gasteiger partial charge in [0.25, 0.3) is 0 Å². The number of aromatic amines is 1. The molecule has 0 spiro atoms. The van der Waals surface area contributed by atoms with E-state index in [1.807, 2.05) is 6.20 Å². The Morgan fingerprint density at radius 1 is 1.00 bits per heavy atom. The molecule has 4 aromatic rings. The van der Waals surface area contributed by atoms with E-state index in [0.29, 0.717) is 17.3 Å². The quantitative estimate of drug-likeness (QED) is 0.408. The molecule has 9 heteroatoms. The Bertz CT molecular complexity index is 1330. The van der Waals surface area contributed by atoms with Crippen LogP contribution in [0.25, 0.3) is 22.6 Å². The molecular formula is C25H23F3N6. The van der Waals surface area contributed by atoms with E-state index in [1.54, 1.807) is 12.4 Å². The third-order valence-electron chi connectivity index (χ3n) is 6.83. The van der Waals surface area contributed by atoms with Crippen LogP contribution in [0, 0.1) is 0 Å². The predicted octanol–water partition coefficient (Wildman–Crippen LogP) is 5.75. The van der Waals surface area contributed by atoms with Gasteiger partial charge in [-0.05, 0) is 66.8 Å². The molecule has 1 aromatic carbocycles. The fraction of sp³-hybridized carbons (Fsp3) is 0.360. The van der Waals surface area contributed by atoms with Crippen molar-refractivity contribution in [1.82, 2.24) is 29.9 Å². The first kappa shape index (κ1) is 21.1.